The molecule has 2 aromatic carbocycles. The summed E-state index contributed by atoms with van der Waals surface area (Å²) in [5.74, 6) is -0.565. The maximum atomic E-state index is 12.9. The zero-order valence-electron chi connectivity index (χ0n) is 17.8. The van der Waals surface area contributed by atoms with Crippen molar-refractivity contribution in [2.45, 2.75) is 36.5 Å². The van der Waals surface area contributed by atoms with E-state index in [1.54, 1.807) is 6.92 Å². The fourth-order valence-electron chi connectivity index (χ4n) is 3.51. The topological polar surface area (TPSA) is 130 Å². The number of hydrogen-bond acceptors (Lipinski definition) is 6. The second-order valence-corrected chi connectivity index (χ2v) is 11.5. The quantitative estimate of drug-likeness (QED) is 0.591. The second kappa shape index (κ2) is 9.47. The van der Waals surface area contributed by atoms with E-state index in [1.165, 1.54) is 46.8 Å². The number of sulfonamides is 2. The molecule has 0 amide bonds. The molecule has 0 saturated carbocycles. The van der Waals surface area contributed by atoms with E-state index in [0.29, 0.717) is 24.6 Å². The molecule has 32 heavy (non-hydrogen) atoms. The average Bonchev–Trinajstić information content (AvgIpc) is 2.73. The van der Waals surface area contributed by atoms with E-state index in [0.717, 1.165) is 12.8 Å². The first-order valence-corrected chi connectivity index (χ1v) is 13.0. The number of aryl methyl sites for hydroxylation is 1. The van der Waals surface area contributed by atoms with Gasteiger partial charge >= 0.3 is 5.97 Å². The van der Waals surface area contributed by atoms with Gasteiger partial charge in [-0.05, 0) is 73.7 Å². The van der Waals surface area contributed by atoms with Crippen molar-refractivity contribution in [1.29, 1.82) is 0 Å². The summed E-state index contributed by atoms with van der Waals surface area (Å²) in [6.07, 6.45) is 1.82. The summed E-state index contributed by atoms with van der Waals surface area (Å²) in [6.45, 7) is 4.05. The highest BCUT2D eigenvalue weighted by Gasteiger charge is 2.28. The zero-order chi connectivity index (χ0) is 23.5. The molecule has 3 rings (SSSR count). The summed E-state index contributed by atoms with van der Waals surface area (Å²) >= 11 is 0. The van der Waals surface area contributed by atoms with Crippen molar-refractivity contribution in [3.8, 4) is 5.75 Å². The Bertz CT molecular complexity index is 1190. The highest BCUT2D eigenvalue weighted by Crippen LogP contribution is 2.26. The van der Waals surface area contributed by atoms with E-state index < -0.39 is 32.6 Å². The molecule has 1 saturated heterocycles. The number of rotatable bonds is 8. The van der Waals surface area contributed by atoms with Gasteiger partial charge in [-0.2, -0.15) is 4.31 Å². The van der Waals surface area contributed by atoms with Crippen molar-refractivity contribution in [2.75, 3.05) is 24.4 Å². The minimum Gasteiger partial charge on any atom is -0.482 e. The summed E-state index contributed by atoms with van der Waals surface area (Å²) in [4.78, 5) is 10.7. The van der Waals surface area contributed by atoms with E-state index in [2.05, 4.69) is 4.72 Å². The molecule has 0 bridgehead atoms. The van der Waals surface area contributed by atoms with Crippen LogP contribution >= 0.6 is 0 Å². The van der Waals surface area contributed by atoms with Gasteiger partial charge in [0.25, 0.3) is 10.0 Å². The van der Waals surface area contributed by atoms with E-state index in [9.17, 15) is 21.6 Å². The average molecular weight is 483 g/mol. The minimum atomic E-state index is -3.94. The molecule has 2 aromatic rings. The molecule has 1 heterocycles. The smallest absolute Gasteiger partial charge is 0.341 e. The van der Waals surface area contributed by atoms with Crippen LogP contribution in [0.1, 0.15) is 25.3 Å². The third kappa shape index (κ3) is 5.59. The van der Waals surface area contributed by atoms with Gasteiger partial charge in [-0.15, -0.1) is 0 Å². The summed E-state index contributed by atoms with van der Waals surface area (Å²) in [6, 6.07) is 9.67. The molecule has 0 radical (unpaired) electrons. The lowest BCUT2D eigenvalue weighted by Crippen LogP contribution is -2.39. The highest BCUT2D eigenvalue weighted by atomic mass is 32.2. The van der Waals surface area contributed by atoms with Gasteiger partial charge in [-0.25, -0.2) is 21.6 Å². The molecule has 11 heteroatoms. The SMILES string of the molecule is Cc1cc(S(=O)(=O)Nc2ccc(S(=O)(=O)N3CCCC(C)C3)cc2)ccc1OCC(=O)O. The van der Waals surface area contributed by atoms with Crippen LogP contribution in [-0.4, -0.2) is 51.9 Å². The van der Waals surface area contributed by atoms with E-state index in [4.69, 9.17) is 9.84 Å². The number of nitrogens with one attached hydrogen (secondary N) is 1. The van der Waals surface area contributed by atoms with Gasteiger partial charge in [0.05, 0.1) is 9.79 Å². The zero-order valence-corrected chi connectivity index (χ0v) is 19.4. The maximum Gasteiger partial charge on any atom is 0.341 e. The number of anilines is 1. The van der Waals surface area contributed by atoms with Gasteiger partial charge in [0.2, 0.25) is 10.0 Å². The van der Waals surface area contributed by atoms with Crippen LogP contribution in [0.15, 0.2) is 52.3 Å². The Morgan fingerprint density at radius 3 is 2.38 bits per heavy atom. The molecule has 1 unspecified atom stereocenters. The predicted molar refractivity (Wildman–Crippen MR) is 119 cm³/mol. The second-order valence-electron chi connectivity index (χ2n) is 7.85. The number of piperidine rings is 1. The standard InChI is InChI=1S/C21H26N2O7S2/c1-15-4-3-11-23(13-15)32(28,29)18-7-5-17(6-8-18)22-31(26,27)19-9-10-20(16(2)12-19)30-14-21(24)25/h5-10,12,15,22H,3-4,11,13-14H2,1-2H3,(H,24,25). The fraction of sp³-hybridized carbons (Fsp3) is 0.381. The van der Waals surface area contributed by atoms with Crippen molar-refractivity contribution in [3.05, 3.63) is 48.0 Å². The summed E-state index contributed by atoms with van der Waals surface area (Å²) in [5.41, 5.74) is 0.686. The van der Waals surface area contributed by atoms with Crippen LogP contribution in [-0.2, 0) is 24.8 Å². The number of ether oxygens (including phenoxy) is 1. The first kappa shape index (κ1) is 24.0. The number of carboxylic acids is 1. The number of nitrogens with zero attached hydrogens (tertiary/aromatic N) is 1. The molecule has 1 aliphatic rings. The summed E-state index contributed by atoms with van der Waals surface area (Å²) < 4.78 is 60.2. The molecular weight excluding hydrogens is 456 g/mol. The normalized spacial score (nSPS) is 17.6. The number of carbonyl (C=O) groups is 1. The van der Waals surface area contributed by atoms with E-state index >= 15 is 0 Å². The van der Waals surface area contributed by atoms with E-state index in [-0.39, 0.29) is 21.2 Å². The van der Waals surface area contributed by atoms with Crippen molar-refractivity contribution in [1.82, 2.24) is 4.31 Å². The van der Waals surface area contributed by atoms with Gasteiger partial charge in [-0.3, -0.25) is 4.72 Å². The van der Waals surface area contributed by atoms with Crippen LogP contribution in [0.3, 0.4) is 0 Å². The Morgan fingerprint density at radius 1 is 1.12 bits per heavy atom. The lowest BCUT2D eigenvalue weighted by atomic mass is 10.0. The van der Waals surface area contributed by atoms with Crippen molar-refractivity contribution >= 4 is 31.7 Å². The first-order chi connectivity index (χ1) is 15.0. The van der Waals surface area contributed by atoms with Gasteiger partial charge in [0.15, 0.2) is 6.61 Å². The molecule has 1 aliphatic heterocycles. The Morgan fingerprint density at radius 2 is 1.78 bits per heavy atom. The first-order valence-electron chi connectivity index (χ1n) is 10.1. The van der Waals surface area contributed by atoms with Crippen molar-refractivity contribution in [3.63, 3.8) is 0 Å². The van der Waals surface area contributed by atoms with Crippen LogP contribution in [0.5, 0.6) is 5.75 Å². The lowest BCUT2D eigenvalue weighted by Gasteiger charge is -2.30. The summed E-state index contributed by atoms with van der Waals surface area (Å²) in [5, 5.41) is 8.70. The Labute approximate surface area is 188 Å². The van der Waals surface area contributed by atoms with Crippen molar-refractivity contribution in [2.24, 2.45) is 5.92 Å². The molecule has 1 fully saturated rings. The van der Waals surface area contributed by atoms with Crippen LogP contribution < -0.4 is 9.46 Å². The monoisotopic (exact) mass is 482 g/mol. The molecular formula is C21H26N2O7S2. The number of hydrogen-bond donors (Lipinski definition) is 2. The van der Waals surface area contributed by atoms with Gasteiger partial charge in [0.1, 0.15) is 5.75 Å². The Balaban J connectivity index is 1.74. The summed E-state index contributed by atoms with van der Waals surface area (Å²) in [7, 11) is -7.57. The lowest BCUT2D eigenvalue weighted by molar-refractivity contribution is -0.139. The third-order valence-corrected chi connectivity index (χ3v) is 8.43. The molecule has 174 valence electrons. The number of benzene rings is 2. The number of aliphatic carboxylic acids is 1. The van der Waals surface area contributed by atoms with Gasteiger partial charge in [0, 0.05) is 18.8 Å². The minimum absolute atomic E-state index is 0.0309. The van der Waals surface area contributed by atoms with E-state index in [1.807, 2.05) is 6.92 Å². The van der Waals surface area contributed by atoms with Crippen LogP contribution in [0.4, 0.5) is 5.69 Å². The molecule has 9 nitrogen and oxygen atoms in total. The van der Waals surface area contributed by atoms with Crippen molar-refractivity contribution < 1.29 is 31.5 Å². The number of carboxylic acid groups (broad SMARTS) is 1. The van der Waals surface area contributed by atoms with Crippen LogP contribution in [0, 0.1) is 12.8 Å². The van der Waals surface area contributed by atoms with Crippen LogP contribution in [0.25, 0.3) is 0 Å². The predicted octanol–water partition coefficient (Wildman–Crippen LogP) is 2.68. The molecule has 0 spiro atoms. The Kier molecular flexibility index (Phi) is 7.11. The fourth-order valence-corrected chi connectivity index (χ4v) is 6.25. The molecule has 0 aromatic heterocycles. The largest absolute Gasteiger partial charge is 0.482 e. The maximum absolute atomic E-state index is 12.9. The molecule has 1 atom stereocenters. The van der Waals surface area contributed by atoms with Gasteiger partial charge in [-0.1, -0.05) is 6.92 Å². The molecule has 2 N–H and O–H groups in total. The van der Waals surface area contributed by atoms with Crippen LogP contribution in [0.2, 0.25) is 0 Å². The van der Waals surface area contributed by atoms with Gasteiger partial charge < -0.3 is 9.84 Å². The highest BCUT2D eigenvalue weighted by molar-refractivity contribution is 7.92. The Hall–Kier alpha value is -2.63. The third-order valence-electron chi connectivity index (χ3n) is 5.17. The molecule has 0 aliphatic carbocycles.